The van der Waals surface area contributed by atoms with Crippen LogP contribution in [0.3, 0.4) is 0 Å². The average Bonchev–Trinajstić information content (AvgIpc) is 3.00. The first-order valence-corrected chi connectivity index (χ1v) is 5.79. The van der Waals surface area contributed by atoms with E-state index in [1.165, 1.54) is 6.20 Å². The Labute approximate surface area is 101 Å². The van der Waals surface area contributed by atoms with Crippen molar-refractivity contribution in [1.29, 1.82) is 0 Å². The molecule has 2 rings (SSSR count). The molecular formula is C13H17NO3. The standard InChI is InChI=1S/C13H17NO3/c1-13(2,3)17-12-6-11(16-10-4-5-10)9(8-15)7-14-12/h6-8,10H,4-5H2,1-3H3. The fourth-order valence-electron chi connectivity index (χ4n) is 1.36. The van der Waals surface area contributed by atoms with Gasteiger partial charge < -0.3 is 9.47 Å². The van der Waals surface area contributed by atoms with Crippen LogP contribution in [0.4, 0.5) is 0 Å². The largest absolute Gasteiger partial charge is 0.489 e. The molecule has 1 aliphatic carbocycles. The predicted molar refractivity (Wildman–Crippen MR) is 63.7 cm³/mol. The molecule has 1 saturated carbocycles. The van der Waals surface area contributed by atoms with E-state index >= 15 is 0 Å². The number of aldehydes is 1. The zero-order chi connectivity index (χ0) is 12.5. The molecule has 92 valence electrons. The average molecular weight is 235 g/mol. The summed E-state index contributed by atoms with van der Waals surface area (Å²) in [6.07, 6.45) is 4.60. The van der Waals surface area contributed by atoms with Crippen LogP contribution >= 0.6 is 0 Å². The smallest absolute Gasteiger partial charge is 0.217 e. The highest BCUT2D eigenvalue weighted by Crippen LogP contribution is 2.30. The van der Waals surface area contributed by atoms with Gasteiger partial charge in [0.05, 0.1) is 11.7 Å². The number of aromatic nitrogens is 1. The van der Waals surface area contributed by atoms with Crippen molar-refractivity contribution in [2.45, 2.75) is 45.3 Å². The number of rotatable bonds is 4. The van der Waals surface area contributed by atoms with E-state index in [-0.39, 0.29) is 11.7 Å². The molecular weight excluding hydrogens is 218 g/mol. The Morgan fingerprint density at radius 1 is 1.41 bits per heavy atom. The Bertz CT molecular complexity index is 419. The summed E-state index contributed by atoms with van der Waals surface area (Å²) in [5, 5.41) is 0. The molecule has 0 atom stereocenters. The fourth-order valence-corrected chi connectivity index (χ4v) is 1.36. The second-order valence-electron chi connectivity index (χ2n) is 5.21. The molecule has 4 heteroatoms. The Morgan fingerprint density at radius 3 is 2.65 bits per heavy atom. The van der Waals surface area contributed by atoms with Crippen LogP contribution < -0.4 is 9.47 Å². The van der Waals surface area contributed by atoms with E-state index in [0.29, 0.717) is 17.2 Å². The molecule has 0 N–H and O–H groups in total. The maximum atomic E-state index is 10.9. The maximum Gasteiger partial charge on any atom is 0.217 e. The Hall–Kier alpha value is -1.58. The number of carbonyl (C=O) groups is 1. The van der Waals surface area contributed by atoms with Crippen molar-refractivity contribution in [3.63, 3.8) is 0 Å². The van der Waals surface area contributed by atoms with Gasteiger partial charge in [0.1, 0.15) is 11.4 Å². The van der Waals surface area contributed by atoms with Crippen LogP contribution in [0.1, 0.15) is 44.0 Å². The van der Waals surface area contributed by atoms with Crippen molar-refractivity contribution in [2.75, 3.05) is 0 Å². The second-order valence-corrected chi connectivity index (χ2v) is 5.21. The minimum absolute atomic E-state index is 0.249. The Morgan fingerprint density at radius 2 is 2.12 bits per heavy atom. The molecule has 0 unspecified atom stereocenters. The van der Waals surface area contributed by atoms with E-state index in [0.717, 1.165) is 19.1 Å². The third-order valence-corrected chi connectivity index (χ3v) is 2.23. The van der Waals surface area contributed by atoms with Crippen LogP contribution in [0.15, 0.2) is 12.3 Å². The summed E-state index contributed by atoms with van der Waals surface area (Å²) in [4.78, 5) is 15.0. The lowest BCUT2D eigenvalue weighted by molar-refractivity contribution is 0.111. The van der Waals surface area contributed by atoms with Gasteiger partial charge >= 0.3 is 0 Å². The lowest BCUT2D eigenvalue weighted by atomic mass is 10.2. The van der Waals surface area contributed by atoms with Crippen LogP contribution in [0.25, 0.3) is 0 Å². The summed E-state index contributed by atoms with van der Waals surface area (Å²) in [6, 6.07) is 1.69. The molecule has 0 saturated heterocycles. The first-order chi connectivity index (χ1) is 7.98. The molecule has 1 aliphatic rings. The number of pyridine rings is 1. The van der Waals surface area contributed by atoms with E-state index in [2.05, 4.69) is 4.98 Å². The molecule has 1 heterocycles. The number of nitrogens with zero attached hydrogens (tertiary/aromatic N) is 1. The van der Waals surface area contributed by atoms with Crippen molar-refractivity contribution >= 4 is 6.29 Å². The molecule has 1 aromatic heterocycles. The van der Waals surface area contributed by atoms with Crippen molar-refractivity contribution in [3.8, 4) is 11.6 Å². The van der Waals surface area contributed by atoms with E-state index in [4.69, 9.17) is 9.47 Å². The zero-order valence-corrected chi connectivity index (χ0v) is 10.4. The molecule has 0 spiro atoms. The lowest BCUT2D eigenvalue weighted by Gasteiger charge is -2.20. The highest BCUT2D eigenvalue weighted by atomic mass is 16.5. The van der Waals surface area contributed by atoms with E-state index < -0.39 is 0 Å². The monoisotopic (exact) mass is 235 g/mol. The first-order valence-electron chi connectivity index (χ1n) is 5.79. The summed E-state index contributed by atoms with van der Waals surface area (Å²) >= 11 is 0. The molecule has 17 heavy (non-hydrogen) atoms. The fraction of sp³-hybridized carbons (Fsp3) is 0.538. The molecule has 1 fully saturated rings. The first kappa shape index (κ1) is 11.9. The number of hydrogen-bond donors (Lipinski definition) is 0. The van der Waals surface area contributed by atoms with Gasteiger partial charge in [-0.05, 0) is 33.6 Å². The van der Waals surface area contributed by atoms with E-state index in [9.17, 15) is 4.79 Å². The van der Waals surface area contributed by atoms with Gasteiger partial charge in [0.15, 0.2) is 6.29 Å². The quantitative estimate of drug-likeness (QED) is 0.753. The number of hydrogen-bond acceptors (Lipinski definition) is 4. The van der Waals surface area contributed by atoms with Gasteiger partial charge in [-0.15, -0.1) is 0 Å². The molecule has 0 aliphatic heterocycles. The molecule has 0 bridgehead atoms. The van der Waals surface area contributed by atoms with E-state index in [1.54, 1.807) is 6.07 Å². The minimum atomic E-state index is -0.313. The van der Waals surface area contributed by atoms with Crippen LogP contribution in [0.5, 0.6) is 11.6 Å². The minimum Gasteiger partial charge on any atom is -0.489 e. The van der Waals surface area contributed by atoms with Crippen LogP contribution in [0, 0.1) is 0 Å². The summed E-state index contributed by atoms with van der Waals surface area (Å²) in [5.74, 6) is 1.05. The van der Waals surface area contributed by atoms with Gasteiger partial charge in [0, 0.05) is 12.3 Å². The zero-order valence-electron chi connectivity index (χ0n) is 10.4. The summed E-state index contributed by atoms with van der Waals surface area (Å²) in [7, 11) is 0. The van der Waals surface area contributed by atoms with Gasteiger partial charge in [-0.1, -0.05) is 0 Å². The molecule has 4 nitrogen and oxygen atoms in total. The third kappa shape index (κ3) is 3.44. The highest BCUT2D eigenvalue weighted by Gasteiger charge is 2.25. The summed E-state index contributed by atoms with van der Waals surface area (Å²) < 4.78 is 11.3. The molecule has 0 aromatic carbocycles. The maximum absolute atomic E-state index is 10.9. The lowest BCUT2D eigenvalue weighted by Crippen LogP contribution is -2.23. The molecule has 0 amide bonds. The number of carbonyl (C=O) groups excluding carboxylic acids is 1. The van der Waals surface area contributed by atoms with E-state index in [1.807, 2.05) is 20.8 Å². The topological polar surface area (TPSA) is 48.4 Å². The normalized spacial score (nSPS) is 15.5. The van der Waals surface area contributed by atoms with Gasteiger partial charge in [0.2, 0.25) is 5.88 Å². The number of ether oxygens (including phenoxy) is 2. The van der Waals surface area contributed by atoms with Crippen molar-refractivity contribution < 1.29 is 14.3 Å². The van der Waals surface area contributed by atoms with Crippen LogP contribution in [0.2, 0.25) is 0 Å². The predicted octanol–water partition coefficient (Wildman–Crippen LogP) is 2.61. The van der Waals surface area contributed by atoms with Crippen LogP contribution in [-0.2, 0) is 0 Å². The van der Waals surface area contributed by atoms with Gasteiger partial charge in [0.25, 0.3) is 0 Å². The van der Waals surface area contributed by atoms with Crippen molar-refractivity contribution in [2.24, 2.45) is 0 Å². The summed E-state index contributed by atoms with van der Waals surface area (Å²) in [6.45, 7) is 5.84. The molecule has 1 aromatic rings. The second kappa shape index (κ2) is 4.35. The third-order valence-electron chi connectivity index (χ3n) is 2.23. The Kier molecular flexibility index (Phi) is 3.05. The summed E-state index contributed by atoms with van der Waals surface area (Å²) in [5.41, 5.74) is 0.158. The van der Waals surface area contributed by atoms with Gasteiger partial charge in [-0.2, -0.15) is 0 Å². The Balaban J connectivity index is 2.20. The van der Waals surface area contributed by atoms with Gasteiger partial charge in [-0.25, -0.2) is 4.98 Å². The molecule has 0 radical (unpaired) electrons. The van der Waals surface area contributed by atoms with Crippen LogP contribution in [-0.4, -0.2) is 23.0 Å². The SMILES string of the molecule is CC(C)(C)Oc1cc(OC2CC2)c(C=O)cn1. The van der Waals surface area contributed by atoms with Crippen molar-refractivity contribution in [3.05, 3.63) is 17.8 Å². The van der Waals surface area contributed by atoms with Gasteiger partial charge in [-0.3, -0.25) is 4.79 Å². The van der Waals surface area contributed by atoms with Crippen molar-refractivity contribution in [1.82, 2.24) is 4.98 Å². The highest BCUT2D eigenvalue weighted by molar-refractivity contribution is 5.78.